The average molecular weight is 366 g/mol. The topological polar surface area (TPSA) is 75.7 Å². The summed E-state index contributed by atoms with van der Waals surface area (Å²) in [5.74, 6) is -1.53. The molecule has 6 nitrogen and oxygen atoms in total. The van der Waals surface area contributed by atoms with Crippen LogP contribution < -0.4 is 10.1 Å². The van der Waals surface area contributed by atoms with Crippen LogP contribution in [0.15, 0.2) is 24.3 Å². The summed E-state index contributed by atoms with van der Waals surface area (Å²) in [5.41, 5.74) is 0.116. The Balaban J connectivity index is 1.58. The minimum Gasteiger partial charge on any atom is -0.433 e. The SMILES string of the molecule is O=C(CCN1C(=O)[C@@H]2CCCC[C@H]2C1=O)Nc1ccccc1OC(F)F. The molecule has 0 spiro atoms. The summed E-state index contributed by atoms with van der Waals surface area (Å²) < 4.78 is 29.2. The zero-order chi connectivity index (χ0) is 18.7. The minimum absolute atomic E-state index is 0.00558. The minimum atomic E-state index is -3.00. The van der Waals surface area contributed by atoms with Gasteiger partial charge in [0.1, 0.15) is 5.75 Å². The fourth-order valence-corrected chi connectivity index (χ4v) is 3.65. The number of carbonyl (C=O) groups excluding carboxylic acids is 3. The smallest absolute Gasteiger partial charge is 0.387 e. The number of imide groups is 1. The van der Waals surface area contributed by atoms with Gasteiger partial charge in [-0.15, -0.1) is 0 Å². The zero-order valence-corrected chi connectivity index (χ0v) is 14.1. The van der Waals surface area contributed by atoms with Gasteiger partial charge >= 0.3 is 6.61 Å². The van der Waals surface area contributed by atoms with Crippen LogP contribution in [0, 0.1) is 11.8 Å². The highest BCUT2D eigenvalue weighted by Crippen LogP contribution is 2.38. The van der Waals surface area contributed by atoms with Crippen molar-refractivity contribution in [2.45, 2.75) is 38.7 Å². The van der Waals surface area contributed by atoms with Gasteiger partial charge in [0.05, 0.1) is 17.5 Å². The molecule has 140 valence electrons. The molecular weight excluding hydrogens is 346 g/mol. The quantitative estimate of drug-likeness (QED) is 0.786. The number of anilines is 1. The van der Waals surface area contributed by atoms with E-state index in [9.17, 15) is 23.2 Å². The molecule has 1 aliphatic heterocycles. The first-order chi connectivity index (χ1) is 12.5. The van der Waals surface area contributed by atoms with Gasteiger partial charge in [0.15, 0.2) is 0 Å². The summed E-state index contributed by atoms with van der Waals surface area (Å²) >= 11 is 0. The Bertz CT molecular complexity index is 686. The molecule has 26 heavy (non-hydrogen) atoms. The van der Waals surface area contributed by atoms with E-state index in [0.29, 0.717) is 0 Å². The predicted octanol–water partition coefficient (Wildman–Crippen LogP) is 2.79. The molecule has 0 radical (unpaired) electrons. The molecule has 2 fully saturated rings. The molecule has 3 amide bonds. The van der Waals surface area contributed by atoms with E-state index in [1.807, 2.05) is 0 Å². The Labute approximate surface area is 149 Å². The van der Waals surface area contributed by atoms with E-state index in [0.717, 1.165) is 25.7 Å². The van der Waals surface area contributed by atoms with Crippen molar-refractivity contribution in [3.63, 3.8) is 0 Å². The molecule has 1 aromatic carbocycles. The van der Waals surface area contributed by atoms with E-state index in [2.05, 4.69) is 10.1 Å². The van der Waals surface area contributed by atoms with E-state index >= 15 is 0 Å². The first-order valence-corrected chi connectivity index (χ1v) is 8.66. The molecule has 1 saturated carbocycles. The van der Waals surface area contributed by atoms with E-state index < -0.39 is 12.5 Å². The first kappa shape index (κ1) is 18.3. The third kappa shape index (κ3) is 3.84. The fraction of sp³-hybridized carbons (Fsp3) is 0.500. The Kier molecular flexibility index (Phi) is 5.49. The van der Waals surface area contributed by atoms with Crippen LogP contribution in [0.5, 0.6) is 5.75 Å². The number of hydrogen-bond donors (Lipinski definition) is 1. The third-order valence-corrected chi connectivity index (χ3v) is 4.87. The van der Waals surface area contributed by atoms with Crippen LogP contribution in [0.1, 0.15) is 32.1 Å². The molecule has 1 heterocycles. The number of carbonyl (C=O) groups is 3. The highest BCUT2D eigenvalue weighted by Gasteiger charge is 2.47. The van der Waals surface area contributed by atoms with Crippen LogP contribution in [-0.4, -0.2) is 35.8 Å². The lowest BCUT2D eigenvalue weighted by molar-refractivity contribution is -0.140. The van der Waals surface area contributed by atoms with Crippen LogP contribution in [0.2, 0.25) is 0 Å². The van der Waals surface area contributed by atoms with Crippen molar-refractivity contribution < 1.29 is 27.9 Å². The van der Waals surface area contributed by atoms with Gasteiger partial charge in [-0.25, -0.2) is 0 Å². The van der Waals surface area contributed by atoms with E-state index in [4.69, 9.17) is 0 Å². The Morgan fingerprint density at radius 3 is 2.38 bits per heavy atom. The van der Waals surface area contributed by atoms with Crippen molar-refractivity contribution in [3.05, 3.63) is 24.3 Å². The summed E-state index contributed by atoms with van der Waals surface area (Å²) in [7, 11) is 0. The van der Waals surface area contributed by atoms with Crippen molar-refractivity contribution in [2.24, 2.45) is 11.8 Å². The number of hydrogen-bond acceptors (Lipinski definition) is 4. The number of para-hydroxylation sites is 2. The number of ether oxygens (including phenoxy) is 1. The number of amides is 3. The number of halogens is 2. The maximum absolute atomic E-state index is 12.4. The third-order valence-electron chi connectivity index (χ3n) is 4.87. The monoisotopic (exact) mass is 366 g/mol. The van der Waals surface area contributed by atoms with Gasteiger partial charge in [-0.2, -0.15) is 8.78 Å². The van der Waals surface area contributed by atoms with Crippen LogP contribution in [0.3, 0.4) is 0 Å². The number of rotatable bonds is 6. The molecule has 1 N–H and O–H groups in total. The number of nitrogens with zero attached hydrogens (tertiary/aromatic N) is 1. The number of alkyl halides is 2. The van der Waals surface area contributed by atoms with Crippen LogP contribution in [0.4, 0.5) is 14.5 Å². The molecule has 1 aromatic rings. The average Bonchev–Trinajstić information content (AvgIpc) is 2.86. The molecule has 3 rings (SSSR count). The maximum Gasteiger partial charge on any atom is 0.387 e. The van der Waals surface area contributed by atoms with Crippen molar-refractivity contribution in [1.29, 1.82) is 0 Å². The van der Waals surface area contributed by atoms with E-state index in [-0.39, 0.29) is 48.1 Å². The standard InChI is InChI=1S/C18H20F2N2O4/c19-18(20)26-14-8-4-3-7-13(14)21-15(23)9-10-22-16(24)11-5-1-2-6-12(11)17(22)25/h3-4,7-8,11-12,18H,1-2,5-6,9-10H2,(H,21,23)/t11-,12-/m1/s1. The van der Waals surface area contributed by atoms with Gasteiger partial charge in [0.25, 0.3) is 0 Å². The molecule has 0 unspecified atom stereocenters. The second-order valence-electron chi connectivity index (χ2n) is 6.50. The summed E-state index contributed by atoms with van der Waals surface area (Å²) in [6.45, 7) is -3.01. The molecule has 1 aliphatic carbocycles. The van der Waals surface area contributed by atoms with Gasteiger partial charge < -0.3 is 10.1 Å². The lowest BCUT2D eigenvalue weighted by atomic mass is 9.81. The van der Waals surface area contributed by atoms with Crippen LogP contribution >= 0.6 is 0 Å². The highest BCUT2D eigenvalue weighted by molar-refractivity contribution is 6.05. The molecule has 2 atom stereocenters. The first-order valence-electron chi connectivity index (χ1n) is 8.66. The van der Waals surface area contributed by atoms with Gasteiger partial charge in [-0.1, -0.05) is 25.0 Å². The van der Waals surface area contributed by atoms with E-state index in [1.54, 1.807) is 6.07 Å². The Morgan fingerprint density at radius 2 is 1.77 bits per heavy atom. The van der Waals surface area contributed by atoms with Crippen molar-refractivity contribution in [3.8, 4) is 5.75 Å². The Morgan fingerprint density at radius 1 is 1.15 bits per heavy atom. The molecule has 2 aliphatic rings. The summed E-state index contributed by atoms with van der Waals surface area (Å²) in [4.78, 5) is 38.0. The van der Waals surface area contributed by atoms with Gasteiger partial charge in [0, 0.05) is 13.0 Å². The maximum atomic E-state index is 12.4. The highest BCUT2D eigenvalue weighted by atomic mass is 19.3. The lowest BCUT2D eigenvalue weighted by Gasteiger charge is -2.19. The van der Waals surface area contributed by atoms with Crippen LogP contribution in [0.25, 0.3) is 0 Å². The number of nitrogens with one attached hydrogen (secondary N) is 1. The molecule has 1 saturated heterocycles. The van der Waals surface area contributed by atoms with Crippen molar-refractivity contribution in [2.75, 3.05) is 11.9 Å². The summed E-state index contributed by atoms with van der Waals surface area (Å²) in [5, 5.41) is 2.49. The number of fused-ring (bicyclic) bond motifs is 1. The number of likely N-dealkylation sites (tertiary alicyclic amines) is 1. The Hall–Kier alpha value is -2.51. The number of benzene rings is 1. The molecule has 8 heteroatoms. The normalized spacial score (nSPS) is 22.5. The largest absolute Gasteiger partial charge is 0.433 e. The zero-order valence-electron chi connectivity index (χ0n) is 14.1. The molecule has 0 aromatic heterocycles. The van der Waals surface area contributed by atoms with Gasteiger partial charge in [-0.05, 0) is 25.0 Å². The van der Waals surface area contributed by atoms with Crippen molar-refractivity contribution in [1.82, 2.24) is 4.90 Å². The second kappa shape index (κ2) is 7.80. The van der Waals surface area contributed by atoms with E-state index in [1.165, 1.54) is 23.1 Å². The van der Waals surface area contributed by atoms with Gasteiger partial charge in [-0.3, -0.25) is 19.3 Å². The molecular formula is C18H20F2N2O4. The summed E-state index contributed by atoms with van der Waals surface area (Å²) in [6, 6.07) is 5.85. The van der Waals surface area contributed by atoms with Crippen LogP contribution in [-0.2, 0) is 14.4 Å². The van der Waals surface area contributed by atoms with Crippen molar-refractivity contribution >= 4 is 23.4 Å². The fourth-order valence-electron chi connectivity index (χ4n) is 3.65. The molecule has 0 bridgehead atoms. The second-order valence-corrected chi connectivity index (χ2v) is 6.50. The summed E-state index contributed by atoms with van der Waals surface area (Å²) in [6.07, 6.45) is 3.22. The van der Waals surface area contributed by atoms with Gasteiger partial charge in [0.2, 0.25) is 17.7 Å². The predicted molar refractivity (Wildman–Crippen MR) is 88.5 cm³/mol. The lowest BCUT2D eigenvalue weighted by Crippen LogP contribution is -2.34.